The molecule has 1 N–H and O–H groups in total. The van der Waals surface area contributed by atoms with Crippen molar-refractivity contribution < 1.29 is 9.18 Å². The van der Waals surface area contributed by atoms with E-state index in [9.17, 15) is 14.4 Å². The van der Waals surface area contributed by atoms with E-state index in [1.807, 2.05) is 13.8 Å². The Labute approximate surface area is 208 Å². The average molecular weight is 494 g/mol. The maximum atomic E-state index is 13.9. The Kier molecular flexibility index (Phi) is 6.52. The Morgan fingerprint density at radius 2 is 2.00 bits per heavy atom. The molecule has 2 aromatic heterocycles. The van der Waals surface area contributed by atoms with Crippen molar-refractivity contribution >= 4 is 29.4 Å². The number of carbonyl (C=O) groups is 1. The molecule has 0 spiro atoms. The van der Waals surface area contributed by atoms with Crippen LogP contribution in [0.4, 0.5) is 16.2 Å². The van der Waals surface area contributed by atoms with E-state index in [1.165, 1.54) is 30.3 Å². The number of nitrogens with one attached hydrogen (secondary N) is 1. The van der Waals surface area contributed by atoms with Gasteiger partial charge in [-0.2, -0.15) is 5.26 Å². The van der Waals surface area contributed by atoms with Gasteiger partial charge in [0.05, 0.1) is 17.0 Å². The van der Waals surface area contributed by atoms with Gasteiger partial charge in [-0.05, 0) is 69.7 Å². The first-order valence-corrected chi connectivity index (χ1v) is 13.0. The van der Waals surface area contributed by atoms with Crippen LogP contribution in [0.3, 0.4) is 0 Å². The lowest BCUT2D eigenvalue weighted by Crippen LogP contribution is -2.32. The van der Waals surface area contributed by atoms with Crippen LogP contribution in [0.2, 0.25) is 0 Å². The van der Waals surface area contributed by atoms with E-state index in [4.69, 9.17) is 0 Å². The maximum absolute atomic E-state index is 13.9. The van der Waals surface area contributed by atoms with Crippen LogP contribution >= 0.6 is 11.8 Å². The fourth-order valence-electron chi connectivity index (χ4n) is 4.63. The number of aromatic nitrogens is 4. The zero-order valence-corrected chi connectivity index (χ0v) is 20.7. The number of thioether (sulfide) groups is 1. The first kappa shape index (κ1) is 23.4. The molecule has 0 radical (unpaired) electrons. The highest BCUT2D eigenvalue weighted by Gasteiger charge is 2.32. The second-order valence-corrected chi connectivity index (χ2v) is 10.1. The molecule has 3 aromatic rings. The molecule has 1 amide bonds. The molecule has 182 valence electrons. The van der Waals surface area contributed by atoms with Crippen molar-refractivity contribution in [2.45, 2.75) is 57.1 Å². The first-order chi connectivity index (χ1) is 17.0. The Bertz CT molecular complexity index is 1300. The van der Waals surface area contributed by atoms with Gasteiger partial charge in [-0.3, -0.25) is 13.9 Å². The fraction of sp³-hybridized carbons (Fsp3) is 0.440. The lowest BCUT2D eigenvalue weighted by Gasteiger charge is -2.27. The predicted octanol–water partition coefficient (Wildman–Crippen LogP) is 4.75. The molecule has 1 aromatic carbocycles. The van der Waals surface area contributed by atoms with Gasteiger partial charge >= 0.3 is 0 Å². The third-order valence-corrected chi connectivity index (χ3v) is 7.62. The maximum Gasteiger partial charge on any atom is 0.236 e. The summed E-state index contributed by atoms with van der Waals surface area (Å²) in [5.41, 5.74) is 2.45. The number of hydrogen-bond donors (Lipinski definition) is 1. The zero-order chi connectivity index (χ0) is 24.5. The number of hydrogen-bond acceptors (Lipinski definition) is 6. The second-order valence-electron chi connectivity index (χ2n) is 9.13. The number of piperidine rings is 1. The number of rotatable bonds is 7. The smallest absolute Gasteiger partial charge is 0.236 e. The van der Waals surface area contributed by atoms with E-state index in [0.29, 0.717) is 23.1 Å². The molecule has 35 heavy (non-hydrogen) atoms. The van der Waals surface area contributed by atoms with Gasteiger partial charge in [0.1, 0.15) is 17.7 Å². The summed E-state index contributed by atoms with van der Waals surface area (Å²) in [6.45, 7) is 5.66. The van der Waals surface area contributed by atoms with E-state index in [-0.39, 0.29) is 17.5 Å². The van der Waals surface area contributed by atoms with Crippen LogP contribution in [-0.2, 0) is 4.79 Å². The molecule has 0 bridgehead atoms. The zero-order valence-electron chi connectivity index (χ0n) is 19.9. The number of nitrogens with zero attached hydrogens (tertiary/aromatic N) is 6. The summed E-state index contributed by atoms with van der Waals surface area (Å²) < 4.78 is 17.8. The van der Waals surface area contributed by atoms with Crippen molar-refractivity contribution in [1.82, 2.24) is 19.3 Å². The Morgan fingerprint density at radius 3 is 2.69 bits per heavy atom. The van der Waals surface area contributed by atoms with Gasteiger partial charge < -0.3 is 10.2 Å². The van der Waals surface area contributed by atoms with Crippen LogP contribution in [0.15, 0.2) is 29.4 Å². The number of anilines is 2. The molecule has 1 saturated heterocycles. The minimum Gasteiger partial charge on any atom is -0.341 e. The lowest BCUT2D eigenvalue weighted by atomic mass is 10.1. The van der Waals surface area contributed by atoms with Crippen LogP contribution in [-0.4, -0.2) is 44.1 Å². The number of halogens is 1. The summed E-state index contributed by atoms with van der Waals surface area (Å²) in [5, 5.41) is 22.3. The van der Waals surface area contributed by atoms with E-state index >= 15 is 0 Å². The number of amides is 1. The second kappa shape index (κ2) is 9.74. The number of benzene rings is 1. The summed E-state index contributed by atoms with van der Waals surface area (Å²) in [6.07, 6.45) is 5.77. The van der Waals surface area contributed by atoms with Crippen molar-refractivity contribution in [1.29, 1.82) is 5.26 Å². The predicted molar refractivity (Wildman–Crippen MR) is 134 cm³/mol. The highest BCUT2D eigenvalue weighted by Crippen LogP contribution is 2.41. The van der Waals surface area contributed by atoms with Gasteiger partial charge in [-0.15, -0.1) is 10.2 Å². The molecule has 2 aliphatic rings. The van der Waals surface area contributed by atoms with E-state index in [2.05, 4.69) is 31.1 Å². The number of nitriles is 1. The summed E-state index contributed by atoms with van der Waals surface area (Å²) in [6, 6.07) is 8.70. The molecule has 10 heteroatoms. The molecule has 0 unspecified atom stereocenters. The molecule has 8 nitrogen and oxygen atoms in total. The SMILES string of the molecule is Cc1c(C#N)c(NC(=O)CSc2nnc(N3CCCCC3)n2C2CC2)n(-c2cccc(F)c2)c1C. The molecule has 2 fully saturated rings. The molecule has 1 aliphatic carbocycles. The van der Waals surface area contributed by atoms with Crippen LogP contribution in [0.1, 0.15) is 55.0 Å². The van der Waals surface area contributed by atoms with Crippen molar-refractivity contribution in [3.63, 3.8) is 0 Å². The van der Waals surface area contributed by atoms with E-state index < -0.39 is 0 Å². The van der Waals surface area contributed by atoms with Crippen molar-refractivity contribution in [3.8, 4) is 11.8 Å². The topological polar surface area (TPSA) is 91.8 Å². The minimum absolute atomic E-state index is 0.127. The fourth-order valence-corrected chi connectivity index (χ4v) is 5.43. The highest BCUT2D eigenvalue weighted by atomic mass is 32.2. The summed E-state index contributed by atoms with van der Waals surface area (Å²) >= 11 is 1.35. The van der Waals surface area contributed by atoms with Gasteiger partial charge in [-0.1, -0.05) is 17.8 Å². The van der Waals surface area contributed by atoms with Gasteiger partial charge in [0.2, 0.25) is 11.9 Å². The monoisotopic (exact) mass is 493 g/mol. The third-order valence-electron chi connectivity index (χ3n) is 6.68. The van der Waals surface area contributed by atoms with E-state index in [1.54, 1.807) is 16.7 Å². The van der Waals surface area contributed by atoms with Crippen LogP contribution < -0.4 is 10.2 Å². The average Bonchev–Trinajstić information content (AvgIpc) is 3.56. The van der Waals surface area contributed by atoms with Crippen molar-refractivity contribution in [2.24, 2.45) is 0 Å². The van der Waals surface area contributed by atoms with Crippen molar-refractivity contribution in [2.75, 3.05) is 29.1 Å². The quantitative estimate of drug-likeness (QED) is 0.478. The normalized spacial score (nSPS) is 15.8. The highest BCUT2D eigenvalue weighted by molar-refractivity contribution is 7.99. The van der Waals surface area contributed by atoms with Crippen molar-refractivity contribution in [3.05, 3.63) is 46.9 Å². The Morgan fingerprint density at radius 1 is 1.23 bits per heavy atom. The van der Waals surface area contributed by atoms with Gasteiger partial charge in [-0.25, -0.2) is 4.39 Å². The molecule has 0 atom stereocenters. The first-order valence-electron chi connectivity index (χ1n) is 12.0. The van der Waals surface area contributed by atoms with Crippen LogP contribution in [0.25, 0.3) is 5.69 Å². The third kappa shape index (κ3) is 4.65. The van der Waals surface area contributed by atoms with Gasteiger partial charge in [0, 0.05) is 24.8 Å². The van der Waals surface area contributed by atoms with Crippen LogP contribution in [0, 0.1) is 31.0 Å². The standard InChI is InChI=1S/C25H28FN7OS/c1-16-17(2)32(20-8-6-7-18(26)13-20)23(21(16)14-27)28-22(34)15-35-25-30-29-24(33(25)19-9-10-19)31-11-4-3-5-12-31/h6-8,13,19H,3-5,9-12,15H2,1-2H3,(H,28,34). The molecule has 1 aliphatic heterocycles. The number of carbonyl (C=O) groups excluding carboxylic acids is 1. The molecule has 5 rings (SSSR count). The molecular weight excluding hydrogens is 465 g/mol. The summed E-state index contributed by atoms with van der Waals surface area (Å²) in [5.74, 6) is 0.752. The summed E-state index contributed by atoms with van der Waals surface area (Å²) in [7, 11) is 0. The molecule has 3 heterocycles. The molecular formula is C25H28FN7OS. The Balaban J connectivity index is 1.36. The minimum atomic E-state index is -0.386. The van der Waals surface area contributed by atoms with Gasteiger partial charge in [0.25, 0.3) is 0 Å². The van der Waals surface area contributed by atoms with E-state index in [0.717, 1.165) is 61.1 Å². The molecule has 1 saturated carbocycles. The summed E-state index contributed by atoms with van der Waals surface area (Å²) in [4.78, 5) is 15.3. The van der Waals surface area contributed by atoms with Gasteiger partial charge in [0.15, 0.2) is 5.16 Å². The largest absolute Gasteiger partial charge is 0.341 e. The lowest BCUT2D eigenvalue weighted by molar-refractivity contribution is -0.113. The van der Waals surface area contributed by atoms with Crippen LogP contribution in [0.5, 0.6) is 0 Å². The Hall–Kier alpha value is -3.32.